The Morgan fingerprint density at radius 3 is 2.55 bits per heavy atom. The molecule has 104 valence electrons. The van der Waals surface area contributed by atoms with Gasteiger partial charge in [0.05, 0.1) is 17.8 Å². The summed E-state index contributed by atoms with van der Waals surface area (Å²) in [5, 5.41) is 3.77. The third kappa shape index (κ3) is 1.66. The predicted molar refractivity (Wildman–Crippen MR) is 69.5 cm³/mol. The van der Waals surface area contributed by atoms with Crippen LogP contribution < -0.4 is 0 Å². The number of rotatable bonds is 2. The van der Waals surface area contributed by atoms with Crippen molar-refractivity contribution < 1.29 is 17.7 Å². The van der Waals surface area contributed by atoms with Crippen LogP contribution >= 0.6 is 0 Å². The normalized spacial score (nSPS) is 16.5. The molecule has 0 saturated heterocycles. The first-order valence-electron chi connectivity index (χ1n) is 6.01. The Labute approximate surface area is 116 Å². The van der Waals surface area contributed by atoms with Crippen LogP contribution in [-0.4, -0.2) is 23.8 Å². The van der Waals surface area contributed by atoms with Gasteiger partial charge in [-0.1, -0.05) is 17.3 Å². The van der Waals surface area contributed by atoms with Crippen molar-refractivity contribution in [3.63, 3.8) is 0 Å². The van der Waals surface area contributed by atoms with Gasteiger partial charge in [0.2, 0.25) is 0 Å². The zero-order chi connectivity index (χ0) is 14.5. The molecule has 1 amide bonds. The molecule has 1 aromatic carbocycles. The molecule has 2 heterocycles. The highest BCUT2D eigenvalue weighted by atomic mass is 32.2. The molecule has 0 spiro atoms. The topological polar surface area (TPSA) is 80.5 Å². The van der Waals surface area contributed by atoms with E-state index in [1.54, 1.807) is 26.0 Å². The summed E-state index contributed by atoms with van der Waals surface area (Å²) in [5.74, 6) is 0.00190. The molecule has 0 bridgehead atoms. The van der Waals surface area contributed by atoms with Crippen LogP contribution in [0.2, 0.25) is 0 Å². The van der Waals surface area contributed by atoms with Crippen molar-refractivity contribution in [1.29, 1.82) is 0 Å². The highest BCUT2D eigenvalue weighted by molar-refractivity contribution is 7.90. The maximum Gasteiger partial charge on any atom is 0.269 e. The first kappa shape index (κ1) is 12.9. The van der Waals surface area contributed by atoms with E-state index in [9.17, 15) is 13.2 Å². The Bertz CT molecular complexity index is 788. The van der Waals surface area contributed by atoms with Crippen molar-refractivity contribution in [2.24, 2.45) is 0 Å². The minimum absolute atomic E-state index is 0.0526. The fourth-order valence-electron chi connectivity index (χ4n) is 2.26. The van der Waals surface area contributed by atoms with Gasteiger partial charge in [0.15, 0.2) is 0 Å². The van der Waals surface area contributed by atoms with E-state index in [0.29, 0.717) is 17.0 Å². The van der Waals surface area contributed by atoms with Gasteiger partial charge in [0, 0.05) is 5.56 Å². The van der Waals surface area contributed by atoms with Crippen molar-refractivity contribution in [3.8, 4) is 0 Å². The van der Waals surface area contributed by atoms with Crippen LogP contribution in [0.3, 0.4) is 0 Å². The van der Waals surface area contributed by atoms with Gasteiger partial charge in [-0.25, -0.2) is 12.7 Å². The van der Waals surface area contributed by atoms with Crippen LogP contribution in [-0.2, 0) is 16.6 Å². The molecular formula is C13H12N2O4S. The maximum atomic E-state index is 12.4. The molecule has 6 nitrogen and oxygen atoms in total. The lowest BCUT2D eigenvalue weighted by molar-refractivity contribution is 0.0864. The third-order valence-electron chi connectivity index (χ3n) is 3.39. The highest BCUT2D eigenvalue weighted by Gasteiger charge is 2.41. The second kappa shape index (κ2) is 4.17. The molecule has 0 aliphatic carbocycles. The van der Waals surface area contributed by atoms with Gasteiger partial charge in [-0.2, -0.15) is 0 Å². The van der Waals surface area contributed by atoms with Gasteiger partial charge in [-0.05, 0) is 26.0 Å². The average Bonchev–Trinajstić information content (AvgIpc) is 2.83. The number of carbonyl (C=O) groups is 1. The lowest BCUT2D eigenvalue weighted by Gasteiger charge is -2.14. The summed E-state index contributed by atoms with van der Waals surface area (Å²) >= 11 is 0. The van der Waals surface area contributed by atoms with Gasteiger partial charge in [-0.15, -0.1) is 0 Å². The first-order valence-corrected chi connectivity index (χ1v) is 7.45. The quantitative estimate of drug-likeness (QED) is 0.840. The molecule has 0 unspecified atom stereocenters. The van der Waals surface area contributed by atoms with Crippen LogP contribution in [0.5, 0.6) is 0 Å². The minimum Gasteiger partial charge on any atom is -0.361 e. The van der Waals surface area contributed by atoms with E-state index in [2.05, 4.69) is 5.16 Å². The summed E-state index contributed by atoms with van der Waals surface area (Å²) < 4.78 is 30.7. The van der Waals surface area contributed by atoms with E-state index in [-0.39, 0.29) is 17.0 Å². The van der Waals surface area contributed by atoms with Gasteiger partial charge in [0.1, 0.15) is 10.7 Å². The zero-order valence-corrected chi connectivity index (χ0v) is 11.8. The van der Waals surface area contributed by atoms with E-state index >= 15 is 0 Å². The molecule has 0 saturated carbocycles. The zero-order valence-electron chi connectivity index (χ0n) is 11.0. The van der Waals surface area contributed by atoms with Gasteiger partial charge in [-0.3, -0.25) is 4.79 Å². The second-order valence-corrected chi connectivity index (χ2v) is 6.45. The monoisotopic (exact) mass is 292 g/mol. The number of nitrogens with zero attached hydrogens (tertiary/aromatic N) is 2. The molecule has 0 N–H and O–H groups in total. The maximum absolute atomic E-state index is 12.4. The van der Waals surface area contributed by atoms with Crippen LogP contribution in [0.1, 0.15) is 27.4 Å². The Kier molecular flexibility index (Phi) is 2.68. The summed E-state index contributed by atoms with van der Waals surface area (Å²) in [6.45, 7) is 3.35. The molecule has 1 aliphatic heterocycles. The van der Waals surface area contributed by atoms with E-state index in [4.69, 9.17) is 4.52 Å². The van der Waals surface area contributed by atoms with Crippen molar-refractivity contribution in [1.82, 2.24) is 9.46 Å². The fraction of sp³-hybridized carbons (Fsp3) is 0.231. The lowest BCUT2D eigenvalue weighted by atomic mass is 10.2. The molecule has 0 fully saturated rings. The predicted octanol–water partition coefficient (Wildman–Crippen LogP) is 1.64. The van der Waals surface area contributed by atoms with Crippen molar-refractivity contribution in [3.05, 3.63) is 46.8 Å². The Morgan fingerprint density at radius 2 is 1.95 bits per heavy atom. The smallest absolute Gasteiger partial charge is 0.269 e. The largest absolute Gasteiger partial charge is 0.361 e. The van der Waals surface area contributed by atoms with Crippen LogP contribution in [0.15, 0.2) is 33.7 Å². The Morgan fingerprint density at radius 1 is 1.25 bits per heavy atom. The summed E-state index contributed by atoms with van der Waals surface area (Å²) in [6.07, 6.45) is 0. The molecule has 7 heteroatoms. The molecule has 20 heavy (non-hydrogen) atoms. The van der Waals surface area contributed by atoms with Crippen molar-refractivity contribution in [2.75, 3.05) is 0 Å². The fourth-order valence-corrected chi connectivity index (χ4v) is 3.80. The molecule has 0 radical (unpaired) electrons. The van der Waals surface area contributed by atoms with Gasteiger partial charge < -0.3 is 4.52 Å². The number of aryl methyl sites for hydroxylation is 2. The van der Waals surface area contributed by atoms with Crippen molar-refractivity contribution in [2.45, 2.75) is 25.3 Å². The molecule has 3 rings (SSSR count). The van der Waals surface area contributed by atoms with E-state index in [0.717, 1.165) is 4.31 Å². The summed E-state index contributed by atoms with van der Waals surface area (Å²) in [4.78, 5) is 12.3. The number of fused-ring (bicyclic) bond motifs is 1. The molecule has 0 atom stereocenters. The van der Waals surface area contributed by atoms with E-state index in [1.165, 1.54) is 12.1 Å². The van der Waals surface area contributed by atoms with Gasteiger partial charge in [0.25, 0.3) is 15.9 Å². The third-order valence-corrected chi connectivity index (χ3v) is 5.18. The number of aromatic nitrogens is 1. The summed E-state index contributed by atoms with van der Waals surface area (Å²) in [7, 11) is -3.79. The highest BCUT2D eigenvalue weighted by Crippen LogP contribution is 2.32. The Hall–Kier alpha value is -2.15. The number of hydrogen-bond acceptors (Lipinski definition) is 5. The molecule has 1 aliphatic rings. The SMILES string of the molecule is Cc1noc(C)c1CN1C(=O)c2ccccc2S1(=O)=O. The number of sulfonamides is 1. The van der Waals surface area contributed by atoms with Crippen molar-refractivity contribution >= 4 is 15.9 Å². The number of benzene rings is 1. The lowest BCUT2D eigenvalue weighted by Crippen LogP contribution is -2.29. The molecular weight excluding hydrogens is 280 g/mol. The Balaban J connectivity index is 2.07. The minimum atomic E-state index is -3.79. The van der Waals surface area contributed by atoms with Crippen LogP contribution in [0.4, 0.5) is 0 Å². The number of hydrogen-bond donors (Lipinski definition) is 0. The molecule has 1 aromatic heterocycles. The van der Waals surface area contributed by atoms with E-state index in [1.807, 2.05) is 0 Å². The number of amides is 1. The first-order chi connectivity index (χ1) is 9.43. The number of carbonyl (C=O) groups excluding carboxylic acids is 1. The van der Waals surface area contributed by atoms with Crippen LogP contribution in [0, 0.1) is 13.8 Å². The molecule has 2 aromatic rings. The standard InChI is InChI=1S/C13H12N2O4S/c1-8-11(9(2)19-14-8)7-15-13(16)10-5-3-4-6-12(10)20(15,17)18/h3-6H,7H2,1-2H3. The summed E-state index contributed by atoms with van der Waals surface area (Å²) in [5.41, 5.74) is 1.41. The van der Waals surface area contributed by atoms with Crippen LogP contribution in [0.25, 0.3) is 0 Å². The second-order valence-electron chi connectivity index (χ2n) is 4.62. The van der Waals surface area contributed by atoms with E-state index < -0.39 is 15.9 Å². The average molecular weight is 292 g/mol. The van der Waals surface area contributed by atoms with Gasteiger partial charge >= 0.3 is 0 Å². The summed E-state index contributed by atoms with van der Waals surface area (Å²) in [6, 6.07) is 6.20.